The molecule has 1 heterocycles. The zero-order valence-corrected chi connectivity index (χ0v) is 12.1. The maximum atomic E-state index is 12.7. The van der Waals surface area contributed by atoms with Crippen LogP contribution in [0.25, 0.3) is 22.3 Å². The van der Waals surface area contributed by atoms with Crippen LogP contribution in [0, 0.1) is 0 Å². The normalized spacial score (nSPS) is 10.7. The van der Waals surface area contributed by atoms with Crippen LogP contribution in [0.4, 0.5) is 0 Å². The summed E-state index contributed by atoms with van der Waals surface area (Å²) in [6.07, 6.45) is 2.16. The van der Waals surface area contributed by atoms with Crippen molar-refractivity contribution in [3.05, 3.63) is 82.0 Å². The third kappa shape index (κ3) is 2.39. The number of hydrogen-bond acceptors (Lipinski definition) is 2. The molecule has 3 rings (SSSR count). The van der Waals surface area contributed by atoms with E-state index in [1.807, 2.05) is 30.3 Å². The fourth-order valence-electron chi connectivity index (χ4n) is 2.37. The molecule has 1 aromatic heterocycles. The van der Waals surface area contributed by atoms with Gasteiger partial charge in [0.2, 0.25) is 0 Å². The van der Waals surface area contributed by atoms with E-state index in [2.05, 4.69) is 6.58 Å². The molecule has 3 heteroatoms. The van der Waals surface area contributed by atoms with Gasteiger partial charge >= 0.3 is 0 Å². The monoisotopic (exact) mass is 296 g/mol. The SMILES string of the molecule is C=CCc1c(-c2ccccc2)oc2c(Cl)cccc2c1=O. The summed E-state index contributed by atoms with van der Waals surface area (Å²) >= 11 is 6.17. The van der Waals surface area contributed by atoms with Crippen LogP contribution in [-0.4, -0.2) is 0 Å². The largest absolute Gasteiger partial charge is 0.454 e. The van der Waals surface area contributed by atoms with E-state index >= 15 is 0 Å². The molecule has 0 unspecified atom stereocenters. The van der Waals surface area contributed by atoms with Gasteiger partial charge in [0, 0.05) is 11.1 Å². The van der Waals surface area contributed by atoms with E-state index in [1.54, 1.807) is 24.3 Å². The highest BCUT2D eigenvalue weighted by atomic mass is 35.5. The first kappa shape index (κ1) is 13.7. The van der Waals surface area contributed by atoms with Crippen LogP contribution < -0.4 is 5.43 Å². The molecule has 0 saturated carbocycles. The van der Waals surface area contributed by atoms with Gasteiger partial charge in [-0.15, -0.1) is 6.58 Å². The van der Waals surface area contributed by atoms with Crippen molar-refractivity contribution >= 4 is 22.6 Å². The van der Waals surface area contributed by atoms with Crippen LogP contribution in [0.5, 0.6) is 0 Å². The summed E-state index contributed by atoms with van der Waals surface area (Å²) in [6.45, 7) is 3.72. The lowest BCUT2D eigenvalue weighted by molar-refractivity contribution is 0.612. The van der Waals surface area contributed by atoms with Crippen LogP contribution >= 0.6 is 11.6 Å². The van der Waals surface area contributed by atoms with Gasteiger partial charge in [0.1, 0.15) is 5.76 Å². The average molecular weight is 297 g/mol. The number of benzene rings is 2. The van der Waals surface area contributed by atoms with Gasteiger partial charge in [0.05, 0.1) is 10.4 Å². The van der Waals surface area contributed by atoms with E-state index in [0.29, 0.717) is 33.7 Å². The first-order chi connectivity index (χ1) is 10.2. The van der Waals surface area contributed by atoms with Gasteiger partial charge in [0.15, 0.2) is 11.0 Å². The van der Waals surface area contributed by atoms with Gasteiger partial charge in [-0.3, -0.25) is 4.79 Å². The fourth-order valence-corrected chi connectivity index (χ4v) is 2.59. The van der Waals surface area contributed by atoms with Crippen LogP contribution in [0.15, 0.2) is 70.4 Å². The Morgan fingerprint density at radius 3 is 2.57 bits per heavy atom. The minimum absolute atomic E-state index is 0.0579. The summed E-state index contributed by atoms with van der Waals surface area (Å²) in [5.74, 6) is 0.557. The number of para-hydroxylation sites is 1. The van der Waals surface area contributed by atoms with Crippen molar-refractivity contribution in [1.82, 2.24) is 0 Å². The maximum absolute atomic E-state index is 12.7. The Bertz CT molecular complexity index is 864. The first-order valence-corrected chi connectivity index (χ1v) is 7.00. The number of hydrogen-bond donors (Lipinski definition) is 0. The van der Waals surface area contributed by atoms with Crippen LogP contribution in [-0.2, 0) is 6.42 Å². The molecule has 2 aromatic carbocycles. The van der Waals surface area contributed by atoms with E-state index in [9.17, 15) is 4.79 Å². The Morgan fingerprint density at radius 2 is 1.86 bits per heavy atom. The van der Waals surface area contributed by atoms with Gasteiger partial charge in [-0.2, -0.15) is 0 Å². The number of rotatable bonds is 3. The van der Waals surface area contributed by atoms with E-state index in [0.717, 1.165) is 5.56 Å². The summed E-state index contributed by atoms with van der Waals surface area (Å²) in [6, 6.07) is 14.8. The Kier molecular flexibility index (Phi) is 3.63. The third-order valence-corrected chi connectivity index (χ3v) is 3.65. The molecule has 0 spiro atoms. The lowest BCUT2D eigenvalue weighted by Gasteiger charge is -2.09. The summed E-state index contributed by atoms with van der Waals surface area (Å²) in [5, 5.41) is 0.936. The molecule has 0 radical (unpaired) electrons. The molecular weight excluding hydrogens is 284 g/mol. The smallest absolute Gasteiger partial charge is 0.196 e. The third-order valence-electron chi connectivity index (χ3n) is 3.35. The Hall–Kier alpha value is -2.32. The van der Waals surface area contributed by atoms with Crippen molar-refractivity contribution in [3.63, 3.8) is 0 Å². The van der Waals surface area contributed by atoms with Crippen molar-refractivity contribution in [1.29, 1.82) is 0 Å². The van der Waals surface area contributed by atoms with Gasteiger partial charge in [-0.1, -0.05) is 54.1 Å². The molecule has 0 aliphatic rings. The second-order valence-electron chi connectivity index (χ2n) is 4.71. The number of fused-ring (bicyclic) bond motifs is 1. The molecule has 0 N–H and O–H groups in total. The van der Waals surface area contributed by atoms with E-state index in [4.69, 9.17) is 16.0 Å². The standard InChI is InChI=1S/C18H13ClO2/c1-2-7-13-16(20)14-10-6-11-15(19)18(14)21-17(13)12-8-4-3-5-9-12/h2-6,8-11H,1,7H2. The van der Waals surface area contributed by atoms with Gasteiger partial charge in [-0.25, -0.2) is 0 Å². The first-order valence-electron chi connectivity index (χ1n) is 6.63. The number of halogens is 1. The molecule has 0 aliphatic carbocycles. The lowest BCUT2D eigenvalue weighted by atomic mass is 10.0. The fraction of sp³-hybridized carbons (Fsp3) is 0.0556. The van der Waals surface area contributed by atoms with Crippen molar-refractivity contribution in [2.75, 3.05) is 0 Å². The molecule has 3 aromatic rings. The summed E-state index contributed by atoms with van der Waals surface area (Å²) in [5.41, 5.74) is 1.83. The number of allylic oxidation sites excluding steroid dienone is 1. The summed E-state index contributed by atoms with van der Waals surface area (Å²) in [7, 11) is 0. The zero-order chi connectivity index (χ0) is 14.8. The van der Waals surface area contributed by atoms with Gasteiger partial charge < -0.3 is 4.42 Å². The molecule has 0 amide bonds. The van der Waals surface area contributed by atoms with Crippen LogP contribution in [0.3, 0.4) is 0 Å². The molecule has 0 fully saturated rings. The Balaban J connectivity index is 2.42. The highest BCUT2D eigenvalue weighted by Gasteiger charge is 2.16. The Labute approximate surface area is 127 Å². The average Bonchev–Trinajstić information content (AvgIpc) is 2.51. The van der Waals surface area contributed by atoms with Crippen molar-refractivity contribution in [2.24, 2.45) is 0 Å². The summed E-state index contributed by atoms with van der Waals surface area (Å²) in [4.78, 5) is 12.7. The zero-order valence-electron chi connectivity index (χ0n) is 11.3. The minimum atomic E-state index is -0.0579. The van der Waals surface area contributed by atoms with E-state index in [-0.39, 0.29) is 5.43 Å². The van der Waals surface area contributed by atoms with Gasteiger partial charge in [-0.05, 0) is 18.6 Å². The Morgan fingerprint density at radius 1 is 1.10 bits per heavy atom. The second-order valence-corrected chi connectivity index (χ2v) is 5.12. The van der Waals surface area contributed by atoms with Crippen LogP contribution in [0.2, 0.25) is 5.02 Å². The van der Waals surface area contributed by atoms with Crippen LogP contribution in [0.1, 0.15) is 5.56 Å². The van der Waals surface area contributed by atoms with E-state index < -0.39 is 0 Å². The minimum Gasteiger partial charge on any atom is -0.454 e. The highest BCUT2D eigenvalue weighted by Crippen LogP contribution is 2.29. The molecule has 21 heavy (non-hydrogen) atoms. The molecule has 0 aliphatic heterocycles. The molecule has 0 atom stereocenters. The summed E-state index contributed by atoms with van der Waals surface area (Å²) < 4.78 is 5.96. The molecule has 0 bridgehead atoms. The molecule has 104 valence electrons. The molecule has 0 saturated heterocycles. The quantitative estimate of drug-likeness (QED) is 0.647. The van der Waals surface area contributed by atoms with E-state index in [1.165, 1.54) is 0 Å². The predicted octanol–water partition coefficient (Wildman–Crippen LogP) is 4.84. The molecular formula is C18H13ClO2. The molecule has 2 nitrogen and oxygen atoms in total. The van der Waals surface area contributed by atoms with Crippen molar-refractivity contribution in [3.8, 4) is 11.3 Å². The topological polar surface area (TPSA) is 30.2 Å². The maximum Gasteiger partial charge on any atom is 0.196 e. The van der Waals surface area contributed by atoms with Crippen molar-refractivity contribution < 1.29 is 4.42 Å². The predicted molar refractivity (Wildman–Crippen MR) is 86.8 cm³/mol. The lowest BCUT2D eigenvalue weighted by Crippen LogP contribution is -2.10. The second kappa shape index (κ2) is 5.58. The van der Waals surface area contributed by atoms with Gasteiger partial charge in [0.25, 0.3) is 0 Å². The highest BCUT2D eigenvalue weighted by molar-refractivity contribution is 6.34. The van der Waals surface area contributed by atoms with Crippen molar-refractivity contribution in [2.45, 2.75) is 6.42 Å².